The maximum atomic E-state index is 12.2. The molecule has 0 heterocycles. The molecule has 0 aliphatic rings. The first-order chi connectivity index (χ1) is 15.0. The van der Waals surface area contributed by atoms with Crippen molar-refractivity contribution in [3.63, 3.8) is 0 Å². The molecule has 2 aromatic rings. The van der Waals surface area contributed by atoms with E-state index >= 15 is 0 Å². The van der Waals surface area contributed by atoms with Crippen molar-refractivity contribution >= 4 is 17.9 Å². The molecule has 0 fully saturated rings. The van der Waals surface area contributed by atoms with Crippen molar-refractivity contribution < 1.29 is 33.3 Å². The minimum Gasteiger partial charge on any atom is -0.496 e. The van der Waals surface area contributed by atoms with E-state index < -0.39 is 17.9 Å². The van der Waals surface area contributed by atoms with Crippen LogP contribution in [0.1, 0.15) is 20.8 Å². The topological polar surface area (TPSA) is 88.1 Å². The predicted octanol–water partition coefficient (Wildman–Crippen LogP) is 4.81. The molecule has 0 unspecified atom stereocenters. The lowest BCUT2D eigenvalue weighted by Gasteiger charge is -2.16. The van der Waals surface area contributed by atoms with Crippen LogP contribution in [0.5, 0.6) is 23.0 Å². The molecule has 0 amide bonds. The predicted molar refractivity (Wildman–Crippen MR) is 120 cm³/mol. The van der Waals surface area contributed by atoms with E-state index in [2.05, 4.69) is 19.7 Å². The van der Waals surface area contributed by atoms with E-state index in [1.807, 2.05) is 0 Å². The second-order valence-electron chi connectivity index (χ2n) is 7.03. The fourth-order valence-electron chi connectivity index (χ4n) is 2.41. The number of methoxy groups -OCH3 is 1. The summed E-state index contributed by atoms with van der Waals surface area (Å²) >= 11 is 0. The molecule has 0 N–H and O–H groups in total. The van der Waals surface area contributed by atoms with Crippen LogP contribution in [-0.4, -0.2) is 25.0 Å². The van der Waals surface area contributed by atoms with Crippen LogP contribution in [0, 0.1) is 0 Å². The highest BCUT2D eigenvalue weighted by molar-refractivity contribution is 5.92. The quantitative estimate of drug-likeness (QED) is 0.333. The van der Waals surface area contributed by atoms with Crippen LogP contribution in [0.2, 0.25) is 0 Å². The fourth-order valence-corrected chi connectivity index (χ4v) is 2.41. The van der Waals surface area contributed by atoms with Crippen molar-refractivity contribution in [1.29, 1.82) is 0 Å². The van der Waals surface area contributed by atoms with Crippen molar-refractivity contribution in [3.05, 3.63) is 72.9 Å². The Morgan fingerprint density at radius 2 is 1.00 bits per heavy atom. The number of rotatable bonds is 8. The minimum atomic E-state index is -0.652. The van der Waals surface area contributed by atoms with Crippen molar-refractivity contribution in [3.8, 4) is 34.1 Å². The van der Waals surface area contributed by atoms with E-state index in [9.17, 15) is 14.4 Å². The van der Waals surface area contributed by atoms with Crippen LogP contribution in [-0.2, 0) is 14.4 Å². The molecule has 0 atom stereocenters. The SMILES string of the molecule is C=C(C)C(=O)Oc1ccc(-c2ccc(OC(=O)C(=C)C)cc2OC(=O)C(=C)C)c(OC)c1. The molecule has 0 saturated carbocycles. The zero-order chi connectivity index (χ0) is 24.0. The molecule has 2 aromatic carbocycles. The Hall–Kier alpha value is -4.13. The molecule has 2 rings (SSSR count). The van der Waals surface area contributed by atoms with Gasteiger partial charge in [-0.1, -0.05) is 19.7 Å². The molecule has 0 aromatic heterocycles. The van der Waals surface area contributed by atoms with Crippen molar-refractivity contribution in [2.45, 2.75) is 20.8 Å². The van der Waals surface area contributed by atoms with Crippen LogP contribution < -0.4 is 18.9 Å². The molecule has 0 bridgehead atoms. The third kappa shape index (κ3) is 5.95. The average Bonchev–Trinajstić information content (AvgIpc) is 2.73. The van der Waals surface area contributed by atoms with Gasteiger partial charge in [0.15, 0.2) is 0 Å². The summed E-state index contributed by atoms with van der Waals surface area (Å²) in [4.78, 5) is 35.9. The summed E-state index contributed by atoms with van der Waals surface area (Å²) in [5, 5.41) is 0. The average molecular weight is 436 g/mol. The fraction of sp³-hybridized carbons (Fsp3) is 0.160. The molecule has 7 heteroatoms. The van der Waals surface area contributed by atoms with Gasteiger partial charge in [-0.2, -0.15) is 0 Å². The molecule has 0 aliphatic carbocycles. The number of carbonyl (C=O) groups is 3. The van der Waals surface area contributed by atoms with Crippen LogP contribution in [0.15, 0.2) is 72.9 Å². The molecule has 0 spiro atoms. The molecule has 32 heavy (non-hydrogen) atoms. The van der Waals surface area contributed by atoms with Crippen LogP contribution in [0.4, 0.5) is 0 Å². The van der Waals surface area contributed by atoms with E-state index in [1.165, 1.54) is 33.1 Å². The maximum absolute atomic E-state index is 12.2. The second kappa shape index (κ2) is 10.3. The largest absolute Gasteiger partial charge is 0.496 e. The van der Waals surface area contributed by atoms with Gasteiger partial charge in [-0.15, -0.1) is 0 Å². The monoisotopic (exact) mass is 436 g/mol. The lowest BCUT2D eigenvalue weighted by atomic mass is 10.0. The Kier molecular flexibility index (Phi) is 7.74. The molecule has 0 radical (unpaired) electrons. The highest BCUT2D eigenvalue weighted by atomic mass is 16.5. The molecule has 166 valence electrons. The molecule has 7 nitrogen and oxygen atoms in total. The normalized spacial score (nSPS) is 10.0. The van der Waals surface area contributed by atoms with Crippen molar-refractivity contribution in [2.24, 2.45) is 0 Å². The van der Waals surface area contributed by atoms with E-state index in [-0.39, 0.29) is 34.0 Å². The minimum absolute atomic E-state index is 0.120. The van der Waals surface area contributed by atoms with Crippen LogP contribution >= 0.6 is 0 Å². The van der Waals surface area contributed by atoms with E-state index in [1.54, 1.807) is 31.2 Å². The van der Waals surface area contributed by atoms with Gasteiger partial charge in [0.25, 0.3) is 0 Å². The zero-order valence-corrected chi connectivity index (χ0v) is 18.4. The summed E-state index contributed by atoms with van der Waals surface area (Å²) in [5.74, 6) is -0.939. The van der Waals surface area contributed by atoms with Gasteiger partial charge in [0.05, 0.1) is 7.11 Å². The van der Waals surface area contributed by atoms with Crippen LogP contribution in [0.25, 0.3) is 11.1 Å². The van der Waals surface area contributed by atoms with Gasteiger partial charge < -0.3 is 18.9 Å². The summed E-state index contributed by atoms with van der Waals surface area (Å²) in [6.45, 7) is 15.2. The Bertz CT molecular complexity index is 1130. The number of benzene rings is 2. The molecular formula is C25H24O7. The Morgan fingerprint density at radius 1 is 0.625 bits per heavy atom. The Balaban J connectivity index is 2.54. The standard InChI is InChI=1S/C25H24O7/c1-14(2)23(26)30-17-8-10-19(21(12-17)29-7)20-11-9-18(31-24(27)15(3)4)13-22(20)32-25(28)16(5)6/h8-13H,1,3,5H2,2,4,6-7H3. The van der Waals surface area contributed by atoms with Gasteiger partial charge in [0, 0.05) is 40.0 Å². The van der Waals surface area contributed by atoms with E-state index in [0.29, 0.717) is 16.9 Å². The van der Waals surface area contributed by atoms with Crippen molar-refractivity contribution in [1.82, 2.24) is 0 Å². The van der Waals surface area contributed by atoms with Gasteiger partial charge in [0.2, 0.25) is 0 Å². The number of ether oxygens (including phenoxy) is 4. The van der Waals surface area contributed by atoms with Gasteiger partial charge in [-0.3, -0.25) is 0 Å². The summed E-state index contributed by atoms with van der Waals surface area (Å²) in [6.07, 6.45) is 0. The number of hydrogen-bond donors (Lipinski definition) is 0. The smallest absolute Gasteiger partial charge is 0.338 e. The van der Waals surface area contributed by atoms with Crippen molar-refractivity contribution in [2.75, 3.05) is 7.11 Å². The number of hydrogen-bond acceptors (Lipinski definition) is 7. The highest BCUT2D eigenvalue weighted by Crippen LogP contribution is 2.40. The molecular weight excluding hydrogens is 412 g/mol. The lowest BCUT2D eigenvalue weighted by molar-refractivity contribution is -0.131. The summed E-state index contributed by atoms with van der Waals surface area (Å²) in [7, 11) is 1.45. The van der Waals surface area contributed by atoms with E-state index in [0.717, 1.165) is 0 Å². The summed E-state index contributed by atoms with van der Waals surface area (Å²) in [6, 6.07) is 9.30. The zero-order valence-electron chi connectivity index (χ0n) is 18.4. The maximum Gasteiger partial charge on any atom is 0.338 e. The summed E-state index contributed by atoms with van der Waals surface area (Å²) < 4.78 is 21.4. The number of carbonyl (C=O) groups excluding carboxylic acids is 3. The summed E-state index contributed by atoms with van der Waals surface area (Å²) in [5.41, 5.74) is 1.68. The highest BCUT2D eigenvalue weighted by Gasteiger charge is 2.18. The number of esters is 3. The first kappa shape index (κ1) is 24.1. The van der Waals surface area contributed by atoms with Crippen LogP contribution in [0.3, 0.4) is 0 Å². The Labute approximate surface area is 186 Å². The van der Waals surface area contributed by atoms with E-state index in [4.69, 9.17) is 18.9 Å². The van der Waals surface area contributed by atoms with Gasteiger partial charge in [-0.05, 0) is 45.0 Å². The van der Waals surface area contributed by atoms with Gasteiger partial charge in [0.1, 0.15) is 23.0 Å². The third-order valence-electron chi connectivity index (χ3n) is 4.09. The molecule has 0 aliphatic heterocycles. The Morgan fingerprint density at radius 3 is 1.41 bits per heavy atom. The lowest BCUT2D eigenvalue weighted by Crippen LogP contribution is -2.11. The second-order valence-corrected chi connectivity index (χ2v) is 7.03. The van der Waals surface area contributed by atoms with Gasteiger partial charge >= 0.3 is 17.9 Å². The third-order valence-corrected chi connectivity index (χ3v) is 4.09. The van der Waals surface area contributed by atoms with Gasteiger partial charge in [-0.25, -0.2) is 14.4 Å². The first-order valence-corrected chi connectivity index (χ1v) is 9.49. The first-order valence-electron chi connectivity index (χ1n) is 9.49. The molecule has 0 saturated heterocycles.